The van der Waals surface area contributed by atoms with Crippen molar-refractivity contribution >= 4 is 11.9 Å². The Morgan fingerprint density at radius 1 is 1.00 bits per heavy atom. The molecule has 1 heterocycles. The zero-order valence-corrected chi connectivity index (χ0v) is 20.9. The second-order valence-electron chi connectivity index (χ2n) is 10.1. The van der Waals surface area contributed by atoms with Gasteiger partial charge in [0.15, 0.2) is 5.60 Å². The van der Waals surface area contributed by atoms with Gasteiger partial charge in [0.05, 0.1) is 18.6 Å². The van der Waals surface area contributed by atoms with Gasteiger partial charge in [0.2, 0.25) is 0 Å². The van der Waals surface area contributed by atoms with Crippen LogP contribution in [0.5, 0.6) is 5.75 Å². The molecule has 0 fully saturated rings. The highest BCUT2D eigenvalue weighted by Crippen LogP contribution is 2.41. The van der Waals surface area contributed by atoms with Crippen LogP contribution in [0.25, 0.3) is 0 Å². The minimum atomic E-state index is -1.40. The van der Waals surface area contributed by atoms with E-state index in [0.29, 0.717) is 23.5 Å². The topological polar surface area (TPSA) is 82.1 Å². The van der Waals surface area contributed by atoms with Crippen LogP contribution in [0.3, 0.4) is 0 Å². The number of carbonyl (C=O) groups is 2. The van der Waals surface area contributed by atoms with Gasteiger partial charge in [0.25, 0.3) is 0 Å². The van der Waals surface area contributed by atoms with E-state index in [1.165, 1.54) is 51.4 Å². The number of ether oxygens (including phenoxy) is 3. The van der Waals surface area contributed by atoms with Gasteiger partial charge < -0.3 is 19.3 Å². The average Bonchev–Trinajstić information content (AvgIpc) is 3.08. The van der Waals surface area contributed by atoms with Crippen LogP contribution in [-0.2, 0) is 19.9 Å². The van der Waals surface area contributed by atoms with Crippen molar-refractivity contribution in [2.75, 3.05) is 19.8 Å². The monoisotopic (exact) mass is 462 g/mol. The molecule has 6 heteroatoms. The summed E-state index contributed by atoms with van der Waals surface area (Å²) in [6.45, 7) is 7.28. The Balaban J connectivity index is 1.85. The first kappa shape index (κ1) is 27.2. The van der Waals surface area contributed by atoms with Crippen molar-refractivity contribution in [1.82, 2.24) is 0 Å². The van der Waals surface area contributed by atoms with Crippen LogP contribution in [0.1, 0.15) is 108 Å². The molecular weight excluding hydrogens is 420 g/mol. The van der Waals surface area contributed by atoms with Gasteiger partial charge in [-0.15, -0.1) is 0 Å². The normalized spacial score (nSPS) is 17.5. The van der Waals surface area contributed by atoms with Crippen molar-refractivity contribution < 1.29 is 28.9 Å². The number of cyclic esters (lactones) is 1. The molecule has 0 radical (unpaired) electrons. The summed E-state index contributed by atoms with van der Waals surface area (Å²) >= 11 is 0. The Morgan fingerprint density at radius 2 is 1.61 bits per heavy atom. The number of rotatable bonds is 15. The van der Waals surface area contributed by atoms with Crippen molar-refractivity contribution in [2.24, 2.45) is 5.41 Å². The van der Waals surface area contributed by atoms with Crippen molar-refractivity contribution in [3.05, 3.63) is 29.3 Å². The molecule has 0 unspecified atom stereocenters. The van der Waals surface area contributed by atoms with E-state index in [9.17, 15) is 14.7 Å². The fourth-order valence-electron chi connectivity index (χ4n) is 3.97. The third-order valence-electron chi connectivity index (χ3n) is 6.07. The van der Waals surface area contributed by atoms with E-state index in [4.69, 9.17) is 14.2 Å². The lowest BCUT2D eigenvalue weighted by Gasteiger charge is -2.27. The molecule has 1 aliphatic heterocycles. The van der Waals surface area contributed by atoms with Crippen LogP contribution in [0, 0.1) is 5.41 Å². The van der Waals surface area contributed by atoms with Gasteiger partial charge >= 0.3 is 11.9 Å². The van der Waals surface area contributed by atoms with Crippen molar-refractivity contribution in [3.8, 4) is 5.75 Å². The average molecular weight is 463 g/mol. The first-order valence-electron chi connectivity index (χ1n) is 12.5. The lowest BCUT2D eigenvalue weighted by Crippen LogP contribution is -2.38. The molecule has 1 N–H and O–H groups in total. The van der Waals surface area contributed by atoms with Crippen LogP contribution in [-0.4, -0.2) is 36.9 Å². The van der Waals surface area contributed by atoms with E-state index in [0.717, 1.165) is 12.8 Å². The van der Waals surface area contributed by atoms with Gasteiger partial charge in [0.1, 0.15) is 17.9 Å². The van der Waals surface area contributed by atoms with E-state index in [-0.39, 0.29) is 6.61 Å². The summed E-state index contributed by atoms with van der Waals surface area (Å²) in [6, 6.07) is 5.23. The summed E-state index contributed by atoms with van der Waals surface area (Å²) in [5.41, 5.74) is -1.28. The molecule has 0 aromatic heterocycles. The molecule has 1 aromatic rings. The predicted molar refractivity (Wildman–Crippen MR) is 128 cm³/mol. The van der Waals surface area contributed by atoms with Crippen LogP contribution in [0.2, 0.25) is 0 Å². The molecule has 6 nitrogen and oxygen atoms in total. The van der Waals surface area contributed by atoms with E-state index < -0.39 is 29.6 Å². The van der Waals surface area contributed by atoms with Crippen LogP contribution < -0.4 is 4.74 Å². The third-order valence-corrected chi connectivity index (χ3v) is 6.07. The summed E-state index contributed by atoms with van der Waals surface area (Å²) in [5.74, 6) is -0.538. The number of hydrogen-bond acceptors (Lipinski definition) is 6. The Bertz CT molecular complexity index is 766. The summed E-state index contributed by atoms with van der Waals surface area (Å²) in [4.78, 5) is 24.8. The molecule has 0 amide bonds. The number of hydrogen-bond donors (Lipinski definition) is 1. The molecule has 186 valence electrons. The maximum absolute atomic E-state index is 12.6. The van der Waals surface area contributed by atoms with Gasteiger partial charge in [0, 0.05) is 5.56 Å². The molecule has 1 atom stereocenters. The largest absolute Gasteiger partial charge is 0.493 e. The number of benzene rings is 1. The Morgan fingerprint density at radius 3 is 2.18 bits per heavy atom. The third kappa shape index (κ3) is 7.73. The van der Waals surface area contributed by atoms with Crippen LogP contribution in [0.15, 0.2) is 18.2 Å². The molecular formula is C27H42O6. The number of fused-ring (bicyclic) bond motifs is 1. The summed E-state index contributed by atoms with van der Waals surface area (Å²) < 4.78 is 16.8. The molecule has 0 saturated carbocycles. The number of aliphatic hydroxyl groups is 1. The van der Waals surface area contributed by atoms with Crippen molar-refractivity contribution in [2.45, 2.75) is 97.5 Å². The SMILES string of the molecule is CCCCCCCCCCCCOc1cccc2c1C(=O)O[C@]2(CO)COC(=O)C(C)(C)C. The smallest absolute Gasteiger partial charge is 0.343 e. The molecule has 0 saturated heterocycles. The lowest BCUT2D eigenvalue weighted by molar-refractivity contribution is -0.163. The van der Waals surface area contributed by atoms with E-state index >= 15 is 0 Å². The van der Waals surface area contributed by atoms with Gasteiger partial charge in [-0.3, -0.25) is 4.79 Å². The standard InChI is InChI=1S/C27H42O6/c1-5-6-7-8-9-10-11-12-13-14-18-31-22-17-15-16-21-23(22)24(29)33-27(21,19-28)20-32-25(30)26(2,3)4/h15-17,28H,5-14,18-20H2,1-4H3/t27-/m1/s1. The molecule has 0 aliphatic carbocycles. The summed E-state index contributed by atoms with van der Waals surface area (Å²) in [6.07, 6.45) is 12.4. The zero-order chi connectivity index (χ0) is 24.3. The number of esters is 2. The quantitative estimate of drug-likeness (QED) is 0.257. The van der Waals surface area contributed by atoms with Crippen molar-refractivity contribution in [3.63, 3.8) is 0 Å². The van der Waals surface area contributed by atoms with Crippen LogP contribution >= 0.6 is 0 Å². The minimum absolute atomic E-state index is 0.236. The van der Waals surface area contributed by atoms with E-state index in [1.54, 1.807) is 39.0 Å². The fourth-order valence-corrected chi connectivity index (χ4v) is 3.97. The molecule has 1 aliphatic rings. The van der Waals surface area contributed by atoms with Gasteiger partial charge in [-0.1, -0.05) is 76.8 Å². The first-order chi connectivity index (χ1) is 15.7. The molecule has 1 aromatic carbocycles. The van der Waals surface area contributed by atoms with E-state index in [2.05, 4.69) is 6.92 Å². The molecule has 33 heavy (non-hydrogen) atoms. The maximum Gasteiger partial charge on any atom is 0.343 e. The number of aliphatic hydroxyl groups excluding tert-OH is 1. The predicted octanol–water partition coefficient (Wildman–Crippen LogP) is 5.93. The first-order valence-corrected chi connectivity index (χ1v) is 12.5. The maximum atomic E-state index is 12.6. The van der Waals surface area contributed by atoms with Gasteiger partial charge in [-0.05, 0) is 33.3 Å². The molecule has 2 rings (SSSR count). The second kappa shape index (κ2) is 13.0. The Labute approximate surface area is 199 Å². The Hall–Kier alpha value is -2.08. The zero-order valence-electron chi connectivity index (χ0n) is 20.9. The van der Waals surface area contributed by atoms with Crippen LogP contribution in [0.4, 0.5) is 0 Å². The minimum Gasteiger partial charge on any atom is -0.493 e. The van der Waals surface area contributed by atoms with Gasteiger partial charge in [-0.2, -0.15) is 0 Å². The Kier molecular flexibility index (Phi) is 10.7. The fraction of sp³-hybridized carbons (Fsp3) is 0.704. The summed E-state index contributed by atoms with van der Waals surface area (Å²) in [7, 11) is 0. The van der Waals surface area contributed by atoms with E-state index in [1.807, 2.05) is 0 Å². The molecule has 0 spiro atoms. The highest BCUT2D eigenvalue weighted by atomic mass is 16.6. The summed E-state index contributed by atoms with van der Waals surface area (Å²) in [5, 5.41) is 10.1. The van der Waals surface area contributed by atoms with Crippen molar-refractivity contribution in [1.29, 1.82) is 0 Å². The second-order valence-corrected chi connectivity index (χ2v) is 10.1. The van der Waals surface area contributed by atoms with Gasteiger partial charge in [-0.25, -0.2) is 4.79 Å². The number of unbranched alkanes of at least 4 members (excludes halogenated alkanes) is 9. The number of carbonyl (C=O) groups excluding carboxylic acids is 2. The highest BCUT2D eigenvalue weighted by Gasteiger charge is 2.48. The highest BCUT2D eigenvalue weighted by molar-refractivity contribution is 5.97. The lowest BCUT2D eigenvalue weighted by atomic mass is 9.92. The molecule has 0 bridgehead atoms.